The summed E-state index contributed by atoms with van der Waals surface area (Å²) in [4.78, 5) is 12.5. The summed E-state index contributed by atoms with van der Waals surface area (Å²) in [6.45, 7) is 0. The topological polar surface area (TPSA) is 46.9 Å². The summed E-state index contributed by atoms with van der Waals surface area (Å²) < 4.78 is 94.0. The molecule has 3 aromatic carbocycles. The van der Waals surface area contributed by atoms with E-state index >= 15 is 0 Å². The van der Waals surface area contributed by atoms with Crippen molar-refractivity contribution >= 4 is 23.2 Å². The van der Waals surface area contributed by atoms with Gasteiger partial charge < -0.3 is 5.32 Å². The Labute approximate surface area is 203 Å². The highest BCUT2D eigenvalue weighted by atomic mass is 35.5. The molecule has 4 aromatic rings. The van der Waals surface area contributed by atoms with Crippen LogP contribution in [0.1, 0.15) is 21.6 Å². The summed E-state index contributed by atoms with van der Waals surface area (Å²) in [6, 6.07) is 13.8. The van der Waals surface area contributed by atoms with E-state index in [1.54, 1.807) is 12.1 Å². The molecule has 1 N–H and O–H groups in total. The maximum atomic E-state index is 13.4. The molecule has 0 aliphatic rings. The predicted molar refractivity (Wildman–Crippen MR) is 118 cm³/mol. The molecule has 0 spiro atoms. The molecule has 186 valence electrons. The summed E-state index contributed by atoms with van der Waals surface area (Å²) in [5.41, 5.74) is -2.85. The number of rotatable bonds is 4. The zero-order valence-corrected chi connectivity index (χ0v) is 18.5. The Morgan fingerprint density at radius 2 is 1.53 bits per heavy atom. The highest BCUT2D eigenvalue weighted by molar-refractivity contribution is 6.32. The van der Waals surface area contributed by atoms with E-state index < -0.39 is 41.0 Å². The van der Waals surface area contributed by atoms with Gasteiger partial charge >= 0.3 is 12.4 Å². The van der Waals surface area contributed by atoms with Crippen LogP contribution in [0.3, 0.4) is 0 Å². The number of benzene rings is 3. The number of hydrogen-bond acceptors (Lipinski definition) is 2. The molecule has 0 radical (unpaired) electrons. The fourth-order valence-corrected chi connectivity index (χ4v) is 3.60. The van der Waals surface area contributed by atoms with Gasteiger partial charge in [0.1, 0.15) is 5.82 Å². The molecule has 0 unspecified atom stereocenters. The molecule has 0 atom stereocenters. The fraction of sp³-hybridized carbons (Fsp3) is 0.0833. The van der Waals surface area contributed by atoms with Crippen molar-refractivity contribution < 1.29 is 35.5 Å². The van der Waals surface area contributed by atoms with E-state index in [1.807, 2.05) is 0 Å². The highest BCUT2D eigenvalue weighted by Gasteiger charge is 2.36. The maximum absolute atomic E-state index is 13.4. The first-order valence-corrected chi connectivity index (χ1v) is 10.4. The number of nitrogens with one attached hydrogen (secondary N) is 1. The van der Waals surface area contributed by atoms with Crippen LogP contribution in [-0.4, -0.2) is 15.7 Å². The van der Waals surface area contributed by atoms with E-state index in [0.29, 0.717) is 0 Å². The van der Waals surface area contributed by atoms with Crippen LogP contribution in [0.25, 0.3) is 16.9 Å². The summed E-state index contributed by atoms with van der Waals surface area (Å²) in [6.07, 6.45) is -9.66. The van der Waals surface area contributed by atoms with Crippen molar-refractivity contribution in [3.8, 4) is 16.9 Å². The summed E-state index contributed by atoms with van der Waals surface area (Å²) in [5.74, 6) is -2.06. The van der Waals surface area contributed by atoms with Gasteiger partial charge in [-0.05, 0) is 48.5 Å². The van der Waals surface area contributed by atoms with Gasteiger partial charge in [-0.25, -0.2) is 9.07 Å². The SMILES string of the molecule is O=C(Nc1ccc(F)cc1C(F)(F)F)c1ccc(-c2cc(C(F)(F)F)nn2-c2ccccc2Cl)cc1. The van der Waals surface area contributed by atoms with Crippen molar-refractivity contribution in [2.24, 2.45) is 0 Å². The van der Waals surface area contributed by atoms with Crippen LogP contribution in [0.2, 0.25) is 5.02 Å². The van der Waals surface area contributed by atoms with Gasteiger partial charge in [-0.15, -0.1) is 0 Å². The lowest BCUT2D eigenvalue weighted by Gasteiger charge is -2.14. The zero-order valence-electron chi connectivity index (χ0n) is 17.8. The van der Waals surface area contributed by atoms with Gasteiger partial charge in [0.25, 0.3) is 5.91 Å². The number of nitrogens with zero attached hydrogens (tertiary/aromatic N) is 2. The van der Waals surface area contributed by atoms with Gasteiger partial charge in [-0.3, -0.25) is 4.79 Å². The lowest BCUT2D eigenvalue weighted by molar-refractivity contribution is -0.141. The Morgan fingerprint density at radius 3 is 2.14 bits per heavy atom. The van der Waals surface area contributed by atoms with Crippen molar-refractivity contribution in [2.75, 3.05) is 5.32 Å². The maximum Gasteiger partial charge on any atom is 0.435 e. The monoisotopic (exact) mass is 527 g/mol. The average molecular weight is 528 g/mol. The molecule has 4 rings (SSSR count). The summed E-state index contributed by atoms with van der Waals surface area (Å²) in [7, 11) is 0. The van der Waals surface area contributed by atoms with Crippen molar-refractivity contribution in [3.05, 3.63) is 100 Å². The molecule has 0 saturated carbocycles. The van der Waals surface area contributed by atoms with Crippen LogP contribution in [0.5, 0.6) is 0 Å². The Balaban J connectivity index is 1.68. The highest BCUT2D eigenvalue weighted by Crippen LogP contribution is 2.36. The molecule has 1 amide bonds. The molecule has 1 heterocycles. The van der Waals surface area contributed by atoms with E-state index in [2.05, 4.69) is 10.4 Å². The molecule has 0 aliphatic heterocycles. The first kappa shape index (κ1) is 25.2. The van der Waals surface area contributed by atoms with Crippen molar-refractivity contribution in [1.29, 1.82) is 0 Å². The lowest BCUT2D eigenvalue weighted by atomic mass is 10.1. The molecule has 0 fully saturated rings. The van der Waals surface area contributed by atoms with E-state index in [-0.39, 0.29) is 33.6 Å². The van der Waals surface area contributed by atoms with Crippen LogP contribution in [0.4, 0.5) is 36.4 Å². The zero-order chi connectivity index (χ0) is 26.3. The Kier molecular flexibility index (Phi) is 6.52. The Hall–Kier alpha value is -3.86. The Bertz CT molecular complexity index is 1430. The average Bonchev–Trinajstić information content (AvgIpc) is 3.26. The quantitative estimate of drug-likeness (QED) is 0.277. The van der Waals surface area contributed by atoms with Crippen molar-refractivity contribution in [3.63, 3.8) is 0 Å². The van der Waals surface area contributed by atoms with E-state index in [9.17, 15) is 35.5 Å². The molecule has 12 heteroatoms. The standard InChI is InChI=1S/C24H13ClF7N3O/c25-17-3-1-2-4-19(17)35-20(12-21(34-35)24(30,31)32)13-5-7-14(8-6-13)22(36)33-18-10-9-15(26)11-16(18)23(27,28)29/h1-12H,(H,33,36). The van der Waals surface area contributed by atoms with Crippen LogP contribution in [0, 0.1) is 5.82 Å². The van der Waals surface area contributed by atoms with Gasteiger partial charge in [0, 0.05) is 11.1 Å². The van der Waals surface area contributed by atoms with Gasteiger partial charge in [-0.2, -0.15) is 31.4 Å². The summed E-state index contributed by atoms with van der Waals surface area (Å²) in [5, 5.41) is 5.86. The van der Waals surface area contributed by atoms with E-state index in [0.717, 1.165) is 22.9 Å². The number of anilines is 1. The van der Waals surface area contributed by atoms with E-state index in [4.69, 9.17) is 11.6 Å². The molecule has 0 saturated heterocycles. The van der Waals surface area contributed by atoms with E-state index in [1.165, 1.54) is 36.4 Å². The van der Waals surface area contributed by atoms with Crippen LogP contribution in [0.15, 0.2) is 72.8 Å². The third-order valence-corrected chi connectivity index (χ3v) is 5.38. The molecule has 0 aliphatic carbocycles. The van der Waals surface area contributed by atoms with Crippen molar-refractivity contribution in [1.82, 2.24) is 9.78 Å². The van der Waals surface area contributed by atoms with Gasteiger partial charge in [-0.1, -0.05) is 35.9 Å². The number of carbonyl (C=O) groups excluding carboxylic acids is 1. The minimum absolute atomic E-state index is 0.0141. The van der Waals surface area contributed by atoms with Crippen molar-refractivity contribution in [2.45, 2.75) is 12.4 Å². The number of amides is 1. The molecular weight excluding hydrogens is 515 g/mol. The second-order valence-electron chi connectivity index (χ2n) is 7.49. The third kappa shape index (κ3) is 5.20. The lowest BCUT2D eigenvalue weighted by Crippen LogP contribution is -2.17. The number of halogens is 8. The summed E-state index contributed by atoms with van der Waals surface area (Å²) >= 11 is 6.14. The van der Waals surface area contributed by atoms with Gasteiger partial charge in [0.2, 0.25) is 0 Å². The minimum atomic E-state index is -4.91. The number of aromatic nitrogens is 2. The van der Waals surface area contributed by atoms with Gasteiger partial charge in [0.15, 0.2) is 5.69 Å². The number of carbonyl (C=O) groups is 1. The first-order chi connectivity index (χ1) is 16.8. The molecule has 1 aromatic heterocycles. The van der Waals surface area contributed by atoms with Gasteiger partial charge in [0.05, 0.1) is 27.7 Å². The largest absolute Gasteiger partial charge is 0.435 e. The Morgan fingerprint density at radius 1 is 0.861 bits per heavy atom. The first-order valence-electron chi connectivity index (χ1n) is 10.1. The van der Waals surface area contributed by atoms with Crippen LogP contribution in [-0.2, 0) is 12.4 Å². The third-order valence-electron chi connectivity index (χ3n) is 5.06. The molecule has 0 bridgehead atoms. The normalized spacial score (nSPS) is 12.0. The second-order valence-corrected chi connectivity index (χ2v) is 7.90. The number of para-hydroxylation sites is 1. The second kappa shape index (κ2) is 9.30. The smallest absolute Gasteiger partial charge is 0.321 e. The number of hydrogen-bond donors (Lipinski definition) is 1. The van der Waals surface area contributed by atoms with Crippen LogP contribution >= 0.6 is 11.6 Å². The van der Waals surface area contributed by atoms with Crippen LogP contribution < -0.4 is 5.32 Å². The number of alkyl halides is 6. The predicted octanol–water partition coefficient (Wildman–Crippen LogP) is 7.62. The molecular formula is C24H13ClF7N3O. The molecule has 36 heavy (non-hydrogen) atoms. The fourth-order valence-electron chi connectivity index (χ4n) is 3.38. The molecule has 4 nitrogen and oxygen atoms in total. The minimum Gasteiger partial charge on any atom is -0.321 e.